The van der Waals surface area contributed by atoms with Crippen LogP contribution in [0.15, 0.2) is 18.5 Å². The highest BCUT2D eigenvalue weighted by Crippen LogP contribution is 2.42. The number of pyridine rings is 1. The van der Waals surface area contributed by atoms with Gasteiger partial charge in [-0.3, -0.25) is 9.55 Å². The van der Waals surface area contributed by atoms with Crippen LogP contribution in [-0.4, -0.2) is 37.0 Å². The van der Waals surface area contributed by atoms with E-state index in [1.165, 1.54) is 11.1 Å². The van der Waals surface area contributed by atoms with E-state index in [1.807, 2.05) is 19.3 Å². The highest BCUT2D eigenvalue weighted by atomic mass is 31.2. The van der Waals surface area contributed by atoms with E-state index in [9.17, 15) is 4.57 Å². The highest BCUT2D eigenvalue weighted by Gasteiger charge is 2.16. The number of hydrogen-bond acceptors (Lipinski definition) is 4. The van der Waals surface area contributed by atoms with Gasteiger partial charge in [0.15, 0.2) is 7.37 Å². The van der Waals surface area contributed by atoms with E-state index in [1.54, 1.807) is 6.66 Å². The summed E-state index contributed by atoms with van der Waals surface area (Å²) in [7, 11) is -2.39. The fraction of sp³-hybridized carbons (Fsp3) is 0.667. The first kappa shape index (κ1) is 17.4. The Kier molecular flexibility index (Phi) is 7.42. The van der Waals surface area contributed by atoms with E-state index >= 15 is 0 Å². The van der Waals surface area contributed by atoms with Gasteiger partial charge in [-0.2, -0.15) is 0 Å². The maximum Gasteiger partial charge on any atom is 0.200 e. The van der Waals surface area contributed by atoms with Crippen molar-refractivity contribution >= 4 is 7.37 Å². The first-order valence-electron chi connectivity index (χ1n) is 7.28. The van der Waals surface area contributed by atoms with Gasteiger partial charge in [0, 0.05) is 31.3 Å². The van der Waals surface area contributed by atoms with Crippen LogP contribution >= 0.6 is 7.37 Å². The van der Waals surface area contributed by atoms with Gasteiger partial charge in [0.1, 0.15) is 0 Å². The van der Waals surface area contributed by atoms with Crippen molar-refractivity contribution in [2.75, 3.05) is 26.0 Å². The van der Waals surface area contributed by atoms with Gasteiger partial charge in [-0.05, 0) is 57.4 Å². The first-order valence-corrected chi connectivity index (χ1v) is 9.54. The van der Waals surface area contributed by atoms with E-state index < -0.39 is 7.37 Å². The summed E-state index contributed by atoms with van der Waals surface area (Å²) < 4.78 is 17.3. The van der Waals surface area contributed by atoms with Gasteiger partial charge in [-0.1, -0.05) is 0 Å². The van der Waals surface area contributed by atoms with Crippen molar-refractivity contribution in [2.45, 2.75) is 39.7 Å². The lowest BCUT2D eigenvalue weighted by atomic mass is 10.1. The molecule has 4 nitrogen and oxygen atoms in total. The second kappa shape index (κ2) is 8.56. The molecular weight excluding hydrogens is 271 g/mol. The average Bonchev–Trinajstić information content (AvgIpc) is 2.39. The van der Waals surface area contributed by atoms with E-state index in [0.717, 1.165) is 19.4 Å². The van der Waals surface area contributed by atoms with Crippen LogP contribution in [0.3, 0.4) is 0 Å². The third-order valence-electron chi connectivity index (χ3n) is 3.39. The van der Waals surface area contributed by atoms with Crippen molar-refractivity contribution in [1.82, 2.24) is 10.3 Å². The number of hydrogen-bond donors (Lipinski definition) is 1. The van der Waals surface area contributed by atoms with Crippen molar-refractivity contribution in [3.05, 3.63) is 29.6 Å². The first-order chi connectivity index (χ1) is 9.44. The molecule has 5 heteroatoms. The van der Waals surface area contributed by atoms with Crippen molar-refractivity contribution in [3.8, 4) is 0 Å². The zero-order valence-electron chi connectivity index (χ0n) is 13.1. The molecule has 0 saturated heterocycles. The van der Waals surface area contributed by atoms with E-state index in [-0.39, 0.29) is 0 Å². The summed E-state index contributed by atoms with van der Waals surface area (Å²) in [6, 6.07) is 2.42. The zero-order valence-corrected chi connectivity index (χ0v) is 14.0. The molecule has 0 saturated carbocycles. The third kappa shape index (κ3) is 6.65. The van der Waals surface area contributed by atoms with Gasteiger partial charge in [0.05, 0.1) is 6.61 Å². The van der Waals surface area contributed by atoms with Crippen LogP contribution in [0.5, 0.6) is 0 Å². The molecule has 1 heterocycles. The molecule has 20 heavy (non-hydrogen) atoms. The molecule has 0 spiro atoms. The van der Waals surface area contributed by atoms with E-state index in [2.05, 4.69) is 30.2 Å². The van der Waals surface area contributed by atoms with Crippen LogP contribution in [0, 0.1) is 6.92 Å². The molecule has 1 rings (SSSR count). The van der Waals surface area contributed by atoms with E-state index in [4.69, 9.17) is 4.52 Å². The molecule has 2 atom stereocenters. The molecule has 1 aromatic rings. The summed E-state index contributed by atoms with van der Waals surface area (Å²) in [4.78, 5) is 4.10. The molecule has 0 bridgehead atoms. The SMILES string of the molecule is CCO[P@](C)(=O)CC[C@@H](C)NCCc1ccncc1C. The normalized spacial score (nSPS) is 15.8. The molecule has 0 aliphatic heterocycles. The van der Waals surface area contributed by atoms with Crippen LogP contribution in [0.1, 0.15) is 31.4 Å². The molecular formula is C15H27N2O2P. The summed E-state index contributed by atoms with van der Waals surface area (Å²) in [5.74, 6) is 0. The predicted molar refractivity (Wildman–Crippen MR) is 84.8 cm³/mol. The largest absolute Gasteiger partial charge is 0.329 e. The lowest BCUT2D eigenvalue weighted by Crippen LogP contribution is -2.29. The van der Waals surface area contributed by atoms with Gasteiger partial charge in [0.2, 0.25) is 0 Å². The lowest BCUT2D eigenvalue weighted by Gasteiger charge is -2.17. The smallest absolute Gasteiger partial charge is 0.200 e. The van der Waals surface area contributed by atoms with Crippen molar-refractivity contribution < 1.29 is 9.09 Å². The van der Waals surface area contributed by atoms with Crippen LogP contribution in [-0.2, 0) is 15.5 Å². The molecule has 0 aliphatic carbocycles. The second-order valence-electron chi connectivity index (χ2n) is 5.35. The Morgan fingerprint density at radius 3 is 2.90 bits per heavy atom. The monoisotopic (exact) mass is 298 g/mol. The number of aryl methyl sites for hydroxylation is 1. The lowest BCUT2D eigenvalue weighted by molar-refractivity contribution is 0.335. The van der Waals surface area contributed by atoms with Gasteiger partial charge in [-0.25, -0.2) is 0 Å². The zero-order chi connectivity index (χ0) is 15.0. The summed E-state index contributed by atoms with van der Waals surface area (Å²) in [6.45, 7) is 9.27. The van der Waals surface area contributed by atoms with Gasteiger partial charge in [0.25, 0.3) is 0 Å². The highest BCUT2D eigenvalue weighted by molar-refractivity contribution is 7.58. The Morgan fingerprint density at radius 1 is 1.50 bits per heavy atom. The minimum Gasteiger partial charge on any atom is -0.329 e. The molecule has 0 aromatic carbocycles. The molecule has 0 radical (unpaired) electrons. The molecule has 0 unspecified atom stereocenters. The quantitative estimate of drug-likeness (QED) is 0.711. The average molecular weight is 298 g/mol. The Hall–Kier alpha value is -0.700. The minimum absolute atomic E-state index is 0.353. The van der Waals surface area contributed by atoms with Crippen LogP contribution in [0.2, 0.25) is 0 Å². The van der Waals surface area contributed by atoms with Crippen molar-refractivity contribution in [3.63, 3.8) is 0 Å². The molecule has 0 fully saturated rings. The van der Waals surface area contributed by atoms with Gasteiger partial charge < -0.3 is 9.84 Å². The van der Waals surface area contributed by atoms with Crippen molar-refractivity contribution in [2.24, 2.45) is 0 Å². The summed E-state index contributed by atoms with van der Waals surface area (Å²) in [6.07, 6.45) is 6.25. The number of rotatable bonds is 9. The maximum atomic E-state index is 12.0. The summed E-state index contributed by atoms with van der Waals surface area (Å²) in [5.41, 5.74) is 2.56. The van der Waals surface area contributed by atoms with Crippen LogP contribution in [0.4, 0.5) is 0 Å². The Bertz CT molecular complexity index is 451. The molecule has 0 amide bonds. The minimum atomic E-state index is -2.39. The van der Waals surface area contributed by atoms with Gasteiger partial charge >= 0.3 is 0 Å². The molecule has 114 valence electrons. The second-order valence-corrected chi connectivity index (χ2v) is 8.09. The standard InChI is InChI=1S/C15H27N2O2P/c1-5-19-20(4,18)11-8-14(3)17-10-7-15-6-9-16-12-13(15)2/h6,9,12,14,17H,5,7-8,10-11H2,1-4H3/t14-,20+/m1/s1. The fourth-order valence-corrected chi connectivity index (χ4v) is 3.64. The third-order valence-corrected chi connectivity index (χ3v) is 5.27. The summed E-state index contributed by atoms with van der Waals surface area (Å²) >= 11 is 0. The fourth-order valence-electron chi connectivity index (χ4n) is 2.10. The summed E-state index contributed by atoms with van der Waals surface area (Å²) in [5, 5.41) is 3.48. The Morgan fingerprint density at radius 2 is 2.25 bits per heavy atom. The van der Waals surface area contributed by atoms with Crippen LogP contribution < -0.4 is 5.32 Å². The number of nitrogens with one attached hydrogen (secondary N) is 1. The maximum absolute atomic E-state index is 12.0. The Balaban J connectivity index is 2.25. The predicted octanol–water partition coefficient (Wildman–Crippen LogP) is 3.25. The molecule has 1 aromatic heterocycles. The van der Waals surface area contributed by atoms with Gasteiger partial charge in [-0.15, -0.1) is 0 Å². The van der Waals surface area contributed by atoms with Crippen LogP contribution in [0.25, 0.3) is 0 Å². The topological polar surface area (TPSA) is 51.2 Å². The number of nitrogens with zero attached hydrogens (tertiary/aromatic N) is 1. The van der Waals surface area contributed by atoms with Crippen molar-refractivity contribution in [1.29, 1.82) is 0 Å². The molecule has 1 N–H and O–H groups in total. The molecule has 0 aliphatic rings. The number of aromatic nitrogens is 1. The van der Waals surface area contributed by atoms with E-state index in [0.29, 0.717) is 18.8 Å². The Labute approximate surface area is 122 Å².